The predicted octanol–water partition coefficient (Wildman–Crippen LogP) is 2.57. The number of hydrogen-bond donors (Lipinski definition) is 1. The monoisotopic (exact) mass is 353 g/mol. The molecule has 0 unspecified atom stereocenters. The Kier molecular flexibility index (Phi) is 6.17. The fourth-order valence-corrected chi connectivity index (χ4v) is 2.35. The Balaban J connectivity index is 2.18. The lowest BCUT2D eigenvalue weighted by atomic mass is 10.2. The molecule has 0 fully saturated rings. The van der Waals surface area contributed by atoms with Crippen molar-refractivity contribution < 1.29 is 19.1 Å². The van der Waals surface area contributed by atoms with Gasteiger partial charge >= 0.3 is 0 Å². The van der Waals surface area contributed by atoms with Crippen LogP contribution in [0.1, 0.15) is 12.5 Å². The topological polar surface area (TPSA) is 91.7 Å². The lowest BCUT2D eigenvalue weighted by Crippen LogP contribution is -2.36. The van der Waals surface area contributed by atoms with Gasteiger partial charge in [-0.25, -0.2) is 0 Å². The van der Waals surface area contributed by atoms with Crippen LogP contribution in [0.4, 0.5) is 11.4 Å². The second-order valence-corrected chi connectivity index (χ2v) is 5.38. The average Bonchev–Trinajstić information content (AvgIpc) is 2.66. The number of nitriles is 1. The van der Waals surface area contributed by atoms with E-state index in [4.69, 9.17) is 14.7 Å². The Morgan fingerprint density at radius 3 is 2.35 bits per heavy atom. The zero-order valence-electron chi connectivity index (χ0n) is 14.8. The molecule has 0 aromatic heterocycles. The Labute approximate surface area is 151 Å². The van der Waals surface area contributed by atoms with Crippen molar-refractivity contribution in [3.8, 4) is 17.6 Å². The quantitative estimate of drug-likeness (QED) is 0.862. The molecule has 0 aliphatic heterocycles. The van der Waals surface area contributed by atoms with Gasteiger partial charge in [0, 0.05) is 18.7 Å². The van der Waals surface area contributed by atoms with Gasteiger partial charge in [-0.15, -0.1) is 0 Å². The van der Waals surface area contributed by atoms with Crippen LogP contribution in [-0.2, 0) is 9.59 Å². The summed E-state index contributed by atoms with van der Waals surface area (Å²) < 4.78 is 10.5. The van der Waals surface area contributed by atoms with Gasteiger partial charge in [-0.05, 0) is 36.4 Å². The van der Waals surface area contributed by atoms with Gasteiger partial charge in [0.2, 0.25) is 11.8 Å². The van der Waals surface area contributed by atoms with Crippen molar-refractivity contribution in [1.29, 1.82) is 5.26 Å². The Bertz CT molecular complexity index is 841. The molecule has 0 bridgehead atoms. The van der Waals surface area contributed by atoms with E-state index in [9.17, 15) is 9.59 Å². The van der Waals surface area contributed by atoms with Gasteiger partial charge in [-0.1, -0.05) is 0 Å². The SMILES string of the molecule is COc1ccc(N(CC(=O)Nc2ccc(C#N)cc2)C(C)=O)c(OC)c1. The summed E-state index contributed by atoms with van der Waals surface area (Å²) >= 11 is 0. The van der Waals surface area contributed by atoms with E-state index < -0.39 is 0 Å². The molecule has 0 spiro atoms. The minimum Gasteiger partial charge on any atom is -0.497 e. The van der Waals surface area contributed by atoms with Crippen molar-refractivity contribution in [2.24, 2.45) is 0 Å². The molecule has 0 atom stereocenters. The van der Waals surface area contributed by atoms with Gasteiger partial charge in [0.25, 0.3) is 0 Å². The van der Waals surface area contributed by atoms with Crippen molar-refractivity contribution in [2.75, 3.05) is 31.0 Å². The molecule has 2 amide bonds. The summed E-state index contributed by atoms with van der Waals surface area (Å²) in [5.41, 5.74) is 1.51. The molecule has 7 nitrogen and oxygen atoms in total. The fraction of sp³-hybridized carbons (Fsp3) is 0.211. The molecule has 134 valence electrons. The van der Waals surface area contributed by atoms with E-state index in [0.717, 1.165) is 0 Å². The third-order valence-corrected chi connectivity index (χ3v) is 3.66. The minimum absolute atomic E-state index is 0.183. The number of hydrogen-bond acceptors (Lipinski definition) is 5. The largest absolute Gasteiger partial charge is 0.497 e. The fourth-order valence-electron chi connectivity index (χ4n) is 2.35. The van der Waals surface area contributed by atoms with Crippen molar-refractivity contribution in [3.05, 3.63) is 48.0 Å². The van der Waals surface area contributed by atoms with E-state index in [-0.39, 0.29) is 18.4 Å². The maximum absolute atomic E-state index is 12.3. The summed E-state index contributed by atoms with van der Waals surface area (Å²) in [4.78, 5) is 25.7. The molecule has 0 heterocycles. The van der Waals surface area contributed by atoms with E-state index in [0.29, 0.717) is 28.4 Å². The summed E-state index contributed by atoms with van der Waals surface area (Å²) in [6.45, 7) is 1.19. The van der Waals surface area contributed by atoms with E-state index in [2.05, 4.69) is 5.32 Å². The van der Waals surface area contributed by atoms with Gasteiger partial charge in [0.15, 0.2) is 0 Å². The number of amides is 2. The zero-order chi connectivity index (χ0) is 19.1. The Morgan fingerprint density at radius 1 is 1.12 bits per heavy atom. The average molecular weight is 353 g/mol. The summed E-state index contributed by atoms with van der Waals surface area (Å²) in [5.74, 6) is 0.327. The van der Waals surface area contributed by atoms with Crippen LogP contribution in [0.15, 0.2) is 42.5 Å². The molecule has 1 N–H and O–H groups in total. The van der Waals surface area contributed by atoms with E-state index in [1.807, 2.05) is 6.07 Å². The third-order valence-electron chi connectivity index (χ3n) is 3.66. The molecule has 0 aliphatic rings. The highest BCUT2D eigenvalue weighted by atomic mass is 16.5. The molecule has 0 saturated carbocycles. The molecular weight excluding hydrogens is 334 g/mol. The zero-order valence-corrected chi connectivity index (χ0v) is 14.8. The number of rotatable bonds is 6. The van der Waals surface area contributed by atoms with E-state index in [1.54, 1.807) is 42.5 Å². The van der Waals surface area contributed by atoms with Gasteiger partial charge in [0.05, 0.1) is 31.5 Å². The first kappa shape index (κ1) is 18.8. The lowest BCUT2D eigenvalue weighted by Gasteiger charge is -2.23. The highest BCUT2D eigenvalue weighted by Gasteiger charge is 2.20. The first-order valence-corrected chi connectivity index (χ1v) is 7.78. The van der Waals surface area contributed by atoms with E-state index >= 15 is 0 Å². The number of carbonyl (C=O) groups excluding carboxylic acids is 2. The summed E-state index contributed by atoms with van der Waals surface area (Å²) in [5, 5.41) is 11.5. The molecule has 0 aliphatic carbocycles. The molecular formula is C19H19N3O4. The van der Waals surface area contributed by atoms with E-state index in [1.165, 1.54) is 26.0 Å². The van der Waals surface area contributed by atoms with Crippen molar-refractivity contribution in [2.45, 2.75) is 6.92 Å². The molecule has 2 aromatic rings. The predicted molar refractivity (Wildman–Crippen MR) is 97.4 cm³/mol. The Hall–Kier alpha value is -3.53. The van der Waals surface area contributed by atoms with Crippen LogP contribution < -0.4 is 19.7 Å². The maximum atomic E-state index is 12.3. The number of nitrogens with one attached hydrogen (secondary N) is 1. The van der Waals surface area contributed by atoms with Gasteiger partial charge < -0.3 is 14.8 Å². The third kappa shape index (κ3) is 4.51. The second-order valence-electron chi connectivity index (χ2n) is 5.38. The van der Waals surface area contributed by atoms with Crippen LogP contribution in [0.2, 0.25) is 0 Å². The van der Waals surface area contributed by atoms with Crippen LogP contribution in [0.5, 0.6) is 11.5 Å². The number of benzene rings is 2. The molecule has 0 radical (unpaired) electrons. The van der Waals surface area contributed by atoms with Crippen LogP contribution in [0, 0.1) is 11.3 Å². The molecule has 26 heavy (non-hydrogen) atoms. The molecule has 7 heteroatoms. The number of ether oxygens (including phenoxy) is 2. The summed E-state index contributed by atoms with van der Waals surface area (Å²) in [6, 6.07) is 13.5. The number of anilines is 2. The standard InChI is InChI=1S/C19H19N3O4/c1-13(23)22(17-9-8-16(25-2)10-18(17)26-3)12-19(24)21-15-6-4-14(11-20)5-7-15/h4-10H,12H2,1-3H3,(H,21,24). The Morgan fingerprint density at radius 2 is 1.81 bits per heavy atom. The maximum Gasteiger partial charge on any atom is 0.244 e. The van der Waals surface area contributed by atoms with Crippen LogP contribution in [0.25, 0.3) is 0 Å². The normalized spacial score (nSPS) is 9.77. The van der Waals surface area contributed by atoms with Crippen LogP contribution >= 0.6 is 0 Å². The van der Waals surface area contributed by atoms with Gasteiger partial charge in [-0.3, -0.25) is 14.5 Å². The minimum atomic E-state index is -0.372. The van der Waals surface area contributed by atoms with Crippen molar-refractivity contribution in [1.82, 2.24) is 0 Å². The number of methoxy groups -OCH3 is 2. The highest BCUT2D eigenvalue weighted by molar-refractivity contribution is 6.02. The second kappa shape index (κ2) is 8.53. The molecule has 2 rings (SSSR count). The smallest absolute Gasteiger partial charge is 0.244 e. The van der Waals surface area contributed by atoms with Crippen molar-refractivity contribution in [3.63, 3.8) is 0 Å². The molecule has 2 aromatic carbocycles. The first-order chi connectivity index (χ1) is 12.5. The van der Waals surface area contributed by atoms with Gasteiger partial charge in [0.1, 0.15) is 18.0 Å². The lowest BCUT2D eigenvalue weighted by molar-refractivity contribution is -0.120. The van der Waals surface area contributed by atoms with Crippen LogP contribution in [0.3, 0.4) is 0 Å². The highest BCUT2D eigenvalue weighted by Crippen LogP contribution is 2.32. The van der Waals surface area contributed by atoms with Crippen molar-refractivity contribution >= 4 is 23.2 Å². The van der Waals surface area contributed by atoms with Crippen LogP contribution in [-0.4, -0.2) is 32.6 Å². The first-order valence-electron chi connectivity index (χ1n) is 7.78. The molecule has 0 saturated heterocycles. The number of nitrogens with zero attached hydrogens (tertiary/aromatic N) is 2. The summed E-state index contributed by atoms with van der Waals surface area (Å²) in [6.07, 6.45) is 0. The number of carbonyl (C=O) groups is 2. The van der Waals surface area contributed by atoms with Gasteiger partial charge in [-0.2, -0.15) is 5.26 Å². The summed E-state index contributed by atoms with van der Waals surface area (Å²) in [7, 11) is 3.01.